The summed E-state index contributed by atoms with van der Waals surface area (Å²) < 4.78 is 0.884. The molecule has 62 valence electrons. The summed E-state index contributed by atoms with van der Waals surface area (Å²) >= 11 is 3.39. The zero-order chi connectivity index (χ0) is 9.14. The number of benzene rings is 1. The minimum atomic E-state index is 0.718. The van der Waals surface area contributed by atoms with Gasteiger partial charge in [-0.2, -0.15) is 0 Å². The van der Waals surface area contributed by atoms with Crippen molar-refractivity contribution in [1.82, 2.24) is 0 Å². The molecule has 1 aromatic carbocycles. The summed E-state index contributed by atoms with van der Waals surface area (Å²) in [7, 11) is 0. The predicted octanol–water partition coefficient (Wildman–Crippen LogP) is 3.32. The molecule has 0 aromatic heterocycles. The highest BCUT2D eigenvalue weighted by molar-refractivity contribution is 9.10. The first-order chi connectivity index (χ1) is 5.70. The van der Waals surface area contributed by atoms with Crippen LogP contribution in [0.4, 0.5) is 5.69 Å². The first-order valence-corrected chi connectivity index (χ1v) is 4.33. The first kappa shape index (κ1) is 9.07. The van der Waals surface area contributed by atoms with Gasteiger partial charge in [0.15, 0.2) is 0 Å². The third kappa shape index (κ3) is 1.43. The summed E-state index contributed by atoms with van der Waals surface area (Å²) in [5.41, 5.74) is 8.43. The van der Waals surface area contributed by atoms with Gasteiger partial charge in [-0.25, -0.2) is 0 Å². The maximum Gasteiger partial charge on any atom is 0.0483 e. The van der Waals surface area contributed by atoms with Crippen molar-refractivity contribution in [3.63, 3.8) is 0 Å². The molecule has 1 nitrogen and oxygen atoms in total. The zero-order valence-corrected chi connectivity index (χ0v) is 8.26. The average Bonchev–Trinajstić information content (AvgIpc) is 2.09. The van der Waals surface area contributed by atoms with Gasteiger partial charge in [0.2, 0.25) is 0 Å². The molecular weight excluding hydrogens is 214 g/mol. The predicted molar refractivity (Wildman–Crippen MR) is 58.7 cm³/mol. The Hall–Kier alpha value is -1.02. The molecule has 0 saturated heterocycles. The largest absolute Gasteiger partial charge is 0.398 e. The van der Waals surface area contributed by atoms with E-state index >= 15 is 0 Å². The molecule has 1 aromatic rings. The van der Waals surface area contributed by atoms with Gasteiger partial charge in [0.25, 0.3) is 0 Å². The van der Waals surface area contributed by atoms with Gasteiger partial charge < -0.3 is 5.73 Å². The Labute approximate surface area is 80.7 Å². The molecule has 0 aliphatic heterocycles. The number of nitrogens with two attached hydrogens (primary N) is 1. The van der Waals surface area contributed by atoms with Crippen molar-refractivity contribution in [2.45, 2.75) is 0 Å². The second-order valence-corrected chi connectivity index (χ2v) is 3.17. The highest BCUT2D eigenvalue weighted by atomic mass is 79.9. The zero-order valence-electron chi connectivity index (χ0n) is 6.68. The van der Waals surface area contributed by atoms with E-state index in [0.717, 1.165) is 21.3 Å². The van der Waals surface area contributed by atoms with Crippen LogP contribution in [0.25, 0.3) is 12.2 Å². The lowest BCUT2D eigenvalue weighted by atomic mass is 10.1. The van der Waals surface area contributed by atoms with E-state index in [2.05, 4.69) is 29.1 Å². The maximum atomic E-state index is 5.69. The van der Waals surface area contributed by atoms with E-state index in [1.807, 2.05) is 12.1 Å². The van der Waals surface area contributed by atoms with Gasteiger partial charge in [0.1, 0.15) is 0 Å². The fraction of sp³-hybridized carbons (Fsp3) is 0. The Morgan fingerprint density at radius 3 is 2.42 bits per heavy atom. The lowest BCUT2D eigenvalue weighted by molar-refractivity contribution is 1.56. The van der Waals surface area contributed by atoms with Crippen LogP contribution in [0.1, 0.15) is 11.1 Å². The van der Waals surface area contributed by atoms with E-state index < -0.39 is 0 Å². The molecule has 2 N–H and O–H groups in total. The highest BCUT2D eigenvalue weighted by Gasteiger charge is 2.03. The number of halogens is 1. The van der Waals surface area contributed by atoms with E-state index in [9.17, 15) is 0 Å². The van der Waals surface area contributed by atoms with Crippen molar-refractivity contribution < 1.29 is 0 Å². The van der Waals surface area contributed by atoms with Gasteiger partial charge in [-0.15, -0.1) is 0 Å². The minimum Gasteiger partial charge on any atom is -0.398 e. The molecule has 2 heteroatoms. The first-order valence-electron chi connectivity index (χ1n) is 3.53. The van der Waals surface area contributed by atoms with Crippen LogP contribution in [0.3, 0.4) is 0 Å². The van der Waals surface area contributed by atoms with Crippen LogP contribution < -0.4 is 5.73 Å². The topological polar surface area (TPSA) is 26.0 Å². The van der Waals surface area contributed by atoms with E-state index in [4.69, 9.17) is 5.73 Å². The van der Waals surface area contributed by atoms with E-state index in [0.29, 0.717) is 0 Å². The molecule has 0 unspecified atom stereocenters. The maximum absolute atomic E-state index is 5.69. The van der Waals surface area contributed by atoms with Gasteiger partial charge in [-0.05, 0) is 33.1 Å². The quantitative estimate of drug-likeness (QED) is 0.766. The molecule has 0 amide bonds. The van der Waals surface area contributed by atoms with Crippen molar-refractivity contribution in [3.05, 3.63) is 40.9 Å². The van der Waals surface area contributed by atoms with Crippen LogP contribution in [0.15, 0.2) is 29.8 Å². The summed E-state index contributed by atoms with van der Waals surface area (Å²) in [6, 6.07) is 3.76. The third-order valence-corrected chi connectivity index (χ3v) is 2.55. The standard InChI is InChI=1S/C10H10BrN/c1-3-7-5-6-9(12)10(11)8(7)4-2/h3-6H,1-2,12H2. The number of hydrogen-bond acceptors (Lipinski definition) is 1. The number of rotatable bonds is 2. The molecule has 0 aliphatic carbocycles. The van der Waals surface area contributed by atoms with Crippen molar-refractivity contribution in [2.24, 2.45) is 0 Å². The Kier molecular flexibility index (Phi) is 2.71. The van der Waals surface area contributed by atoms with Crippen LogP contribution in [-0.4, -0.2) is 0 Å². The average molecular weight is 224 g/mol. The van der Waals surface area contributed by atoms with Crippen molar-refractivity contribution in [2.75, 3.05) is 5.73 Å². The molecule has 0 atom stereocenters. The fourth-order valence-electron chi connectivity index (χ4n) is 1.01. The van der Waals surface area contributed by atoms with Crippen LogP contribution in [-0.2, 0) is 0 Å². The Balaban J connectivity index is 3.45. The highest BCUT2D eigenvalue weighted by Crippen LogP contribution is 2.28. The molecule has 0 saturated carbocycles. The summed E-state index contributed by atoms with van der Waals surface area (Å²) in [6.07, 6.45) is 3.54. The van der Waals surface area contributed by atoms with Crippen LogP contribution in [0.2, 0.25) is 0 Å². The number of nitrogen functional groups attached to an aromatic ring is 1. The SMILES string of the molecule is C=Cc1ccc(N)c(Br)c1C=C. The molecular formula is C10H10BrN. The monoisotopic (exact) mass is 223 g/mol. The second kappa shape index (κ2) is 3.59. The Morgan fingerprint density at radius 1 is 1.25 bits per heavy atom. The second-order valence-electron chi connectivity index (χ2n) is 2.38. The summed E-state index contributed by atoms with van der Waals surface area (Å²) in [5, 5.41) is 0. The van der Waals surface area contributed by atoms with Crippen molar-refractivity contribution >= 4 is 33.8 Å². The van der Waals surface area contributed by atoms with Crippen molar-refractivity contribution in [1.29, 1.82) is 0 Å². The van der Waals surface area contributed by atoms with Gasteiger partial charge in [0, 0.05) is 10.2 Å². The lowest BCUT2D eigenvalue weighted by Crippen LogP contribution is -1.90. The Morgan fingerprint density at radius 2 is 1.92 bits per heavy atom. The number of hydrogen-bond donors (Lipinski definition) is 1. The van der Waals surface area contributed by atoms with Gasteiger partial charge in [0.05, 0.1) is 0 Å². The fourth-order valence-corrected chi connectivity index (χ4v) is 1.53. The molecule has 1 rings (SSSR count). The third-order valence-electron chi connectivity index (χ3n) is 1.67. The minimum absolute atomic E-state index is 0.718. The van der Waals surface area contributed by atoms with Crippen molar-refractivity contribution in [3.8, 4) is 0 Å². The van der Waals surface area contributed by atoms with Crippen LogP contribution in [0.5, 0.6) is 0 Å². The molecule has 0 radical (unpaired) electrons. The molecule has 0 aliphatic rings. The summed E-state index contributed by atoms with van der Waals surface area (Å²) in [4.78, 5) is 0. The van der Waals surface area contributed by atoms with Gasteiger partial charge >= 0.3 is 0 Å². The molecule has 0 spiro atoms. The molecule has 0 fully saturated rings. The molecule has 0 bridgehead atoms. The van der Waals surface area contributed by atoms with Crippen LogP contribution in [0, 0.1) is 0 Å². The summed E-state index contributed by atoms with van der Waals surface area (Å²) in [6.45, 7) is 7.41. The van der Waals surface area contributed by atoms with Gasteiger partial charge in [-0.3, -0.25) is 0 Å². The smallest absolute Gasteiger partial charge is 0.0483 e. The van der Waals surface area contributed by atoms with E-state index in [-0.39, 0.29) is 0 Å². The van der Waals surface area contributed by atoms with Crippen LogP contribution >= 0.6 is 15.9 Å². The van der Waals surface area contributed by atoms with Gasteiger partial charge in [-0.1, -0.05) is 31.4 Å². The normalized spacial score (nSPS) is 9.42. The summed E-state index contributed by atoms with van der Waals surface area (Å²) in [5.74, 6) is 0. The van der Waals surface area contributed by atoms with E-state index in [1.165, 1.54) is 0 Å². The lowest BCUT2D eigenvalue weighted by Gasteiger charge is -2.05. The number of anilines is 1. The molecule has 0 heterocycles. The molecule has 12 heavy (non-hydrogen) atoms. The van der Waals surface area contributed by atoms with E-state index in [1.54, 1.807) is 12.2 Å². The Bertz CT molecular complexity index is 329.